The molecule has 1 radical (unpaired) electrons. The zero-order chi connectivity index (χ0) is 38.7. The van der Waals surface area contributed by atoms with Gasteiger partial charge >= 0.3 is 0 Å². The van der Waals surface area contributed by atoms with Crippen molar-refractivity contribution in [3.05, 3.63) is 180 Å². The number of hydrogen-bond donors (Lipinski definition) is 0. The van der Waals surface area contributed by atoms with E-state index in [0.717, 1.165) is 66.6 Å². The molecule has 9 aromatic rings. The predicted molar refractivity (Wildman–Crippen MR) is 232 cm³/mol. The van der Waals surface area contributed by atoms with Crippen LogP contribution in [0.1, 0.15) is 41.9 Å². The summed E-state index contributed by atoms with van der Waals surface area (Å²) >= 11 is 0. The molecule has 0 unspecified atom stereocenters. The van der Waals surface area contributed by atoms with Crippen LogP contribution < -0.4 is 0 Å². The zero-order valence-electron chi connectivity index (χ0n) is 31.8. The smallest absolute Gasteiger partial charge is 0.227 e. The molecule has 7 heteroatoms. The SMILES string of the molecule is C=Cc1c(/C(=C\[B]C)c2ccc3c(c2)-c2c(ccc4nc(-c5ccccc5)oc24)C3(C)C)oc2c(-c3nc(-c4ccccc4)nc(-c4ccccc4)n3)cccc12. The molecule has 3 heterocycles. The first kappa shape index (κ1) is 34.4. The zero-order valence-corrected chi connectivity index (χ0v) is 31.8. The molecule has 0 saturated heterocycles. The van der Waals surface area contributed by atoms with E-state index in [1.54, 1.807) is 0 Å². The Labute approximate surface area is 331 Å². The molecule has 0 N–H and O–H groups in total. The first-order valence-corrected chi connectivity index (χ1v) is 19.1. The van der Waals surface area contributed by atoms with Crippen molar-refractivity contribution in [1.29, 1.82) is 0 Å². The summed E-state index contributed by atoms with van der Waals surface area (Å²) in [7, 11) is 2.05. The summed E-state index contributed by atoms with van der Waals surface area (Å²) < 4.78 is 13.6. The molecule has 10 rings (SSSR count). The van der Waals surface area contributed by atoms with E-state index in [9.17, 15) is 0 Å². The van der Waals surface area contributed by atoms with Crippen LogP contribution in [-0.4, -0.2) is 27.2 Å². The number of fused-ring (bicyclic) bond motifs is 6. The summed E-state index contributed by atoms with van der Waals surface area (Å²) in [6, 6.07) is 47.2. The molecule has 0 fully saturated rings. The van der Waals surface area contributed by atoms with Gasteiger partial charge < -0.3 is 8.83 Å². The summed E-state index contributed by atoms with van der Waals surface area (Å²) in [4.78, 5) is 19.9. The number of hydrogen-bond acceptors (Lipinski definition) is 6. The van der Waals surface area contributed by atoms with Crippen molar-refractivity contribution in [2.24, 2.45) is 0 Å². The molecule has 0 amide bonds. The Morgan fingerprint density at radius 1 is 0.614 bits per heavy atom. The van der Waals surface area contributed by atoms with Crippen molar-refractivity contribution in [1.82, 2.24) is 19.9 Å². The van der Waals surface area contributed by atoms with Crippen LogP contribution in [-0.2, 0) is 5.41 Å². The molecule has 0 saturated carbocycles. The molecule has 3 aromatic heterocycles. The van der Waals surface area contributed by atoms with Crippen molar-refractivity contribution in [3.63, 3.8) is 0 Å². The first-order chi connectivity index (χ1) is 27.9. The van der Waals surface area contributed by atoms with Gasteiger partial charge in [0, 0.05) is 44.2 Å². The predicted octanol–water partition coefficient (Wildman–Crippen LogP) is 12.5. The lowest BCUT2D eigenvalue weighted by Gasteiger charge is -2.21. The van der Waals surface area contributed by atoms with E-state index in [4.69, 9.17) is 28.8 Å². The Kier molecular flexibility index (Phi) is 8.19. The molecular formula is C50H36BN4O2. The Balaban J connectivity index is 1.14. The average molecular weight is 736 g/mol. The largest absolute Gasteiger partial charge is 0.455 e. The van der Waals surface area contributed by atoms with Gasteiger partial charge in [0.05, 0.1) is 5.56 Å². The van der Waals surface area contributed by atoms with Gasteiger partial charge in [0.1, 0.15) is 24.1 Å². The second kappa shape index (κ2) is 13.6. The third-order valence-electron chi connectivity index (χ3n) is 11.0. The van der Waals surface area contributed by atoms with Crippen LogP contribution in [0.3, 0.4) is 0 Å². The summed E-state index contributed by atoms with van der Waals surface area (Å²) in [6.07, 6.45) is 1.88. The van der Waals surface area contributed by atoms with E-state index in [1.807, 2.05) is 123 Å². The Bertz CT molecular complexity index is 2980. The van der Waals surface area contributed by atoms with Gasteiger partial charge in [0.15, 0.2) is 23.1 Å². The van der Waals surface area contributed by atoms with Gasteiger partial charge in [0.25, 0.3) is 0 Å². The van der Waals surface area contributed by atoms with Crippen LogP contribution in [0, 0.1) is 0 Å². The summed E-state index contributed by atoms with van der Waals surface area (Å²) in [5.41, 5.74) is 13.1. The molecule has 6 aromatic carbocycles. The third-order valence-corrected chi connectivity index (χ3v) is 11.0. The van der Waals surface area contributed by atoms with Crippen molar-refractivity contribution in [3.8, 4) is 56.7 Å². The Hall–Kier alpha value is -7.12. The highest BCUT2D eigenvalue weighted by atomic mass is 16.3. The highest BCUT2D eigenvalue weighted by molar-refractivity contribution is 6.42. The molecule has 57 heavy (non-hydrogen) atoms. The second-order valence-corrected chi connectivity index (χ2v) is 14.8. The maximum Gasteiger partial charge on any atom is 0.227 e. The van der Waals surface area contributed by atoms with E-state index in [0.29, 0.717) is 34.7 Å². The quantitative estimate of drug-likeness (QED) is 0.145. The number of nitrogens with zero attached hydrogens (tertiary/aromatic N) is 4. The molecule has 0 spiro atoms. The van der Waals surface area contributed by atoms with Gasteiger partial charge in [-0.25, -0.2) is 19.9 Å². The van der Waals surface area contributed by atoms with E-state index in [-0.39, 0.29) is 5.41 Å². The summed E-state index contributed by atoms with van der Waals surface area (Å²) in [6.45, 7) is 10.8. The molecule has 0 atom stereocenters. The number of oxazole rings is 1. The van der Waals surface area contributed by atoms with E-state index < -0.39 is 0 Å². The van der Waals surface area contributed by atoms with Gasteiger partial charge in [-0.2, -0.15) is 0 Å². The van der Waals surface area contributed by atoms with Crippen molar-refractivity contribution in [2.45, 2.75) is 26.1 Å². The monoisotopic (exact) mass is 735 g/mol. The summed E-state index contributed by atoms with van der Waals surface area (Å²) in [5, 5.41) is 0.923. The van der Waals surface area contributed by atoms with Gasteiger partial charge in [-0.05, 0) is 52.6 Å². The minimum atomic E-state index is -0.236. The second-order valence-electron chi connectivity index (χ2n) is 14.8. The molecule has 6 nitrogen and oxygen atoms in total. The van der Waals surface area contributed by atoms with E-state index in [2.05, 4.69) is 62.8 Å². The van der Waals surface area contributed by atoms with E-state index in [1.165, 1.54) is 11.1 Å². The van der Waals surface area contributed by atoms with Crippen LogP contribution in [0.25, 0.3) is 90.5 Å². The summed E-state index contributed by atoms with van der Waals surface area (Å²) in [5.74, 6) is 5.14. The molecular weight excluding hydrogens is 699 g/mol. The lowest BCUT2D eigenvalue weighted by atomic mass is 9.77. The number of furan rings is 1. The van der Waals surface area contributed by atoms with Gasteiger partial charge in [0.2, 0.25) is 5.89 Å². The molecule has 0 aliphatic heterocycles. The Morgan fingerprint density at radius 2 is 1.25 bits per heavy atom. The molecule has 1 aliphatic carbocycles. The minimum absolute atomic E-state index is 0.236. The molecule has 0 bridgehead atoms. The fourth-order valence-electron chi connectivity index (χ4n) is 8.21. The van der Waals surface area contributed by atoms with Crippen molar-refractivity contribution >= 4 is 41.0 Å². The highest BCUT2D eigenvalue weighted by Crippen LogP contribution is 2.53. The van der Waals surface area contributed by atoms with E-state index >= 15 is 0 Å². The fraction of sp³-hybridized carbons (Fsp3) is 0.0800. The lowest BCUT2D eigenvalue weighted by molar-refractivity contribution is 0.600. The molecule has 271 valence electrons. The number of para-hydroxylation sites is 1. The average Bonchev–Trinajstić information content (AvgIpc) is 3.93. The van der Waals surface area contributed by atoms with Crippen LogP contribution in [0.4, 0.5) is 0 Å². The van der Waals surface area contributed by atoms with Crippen molar-refractivity contribution < 1.29 is 8.83 Å². The van der Waals surface area contributed by atoms with Crippen LogP contribution in [0.15, 0.2) is 161 Å². The van der Waals surface area contributed by atoms with Gasteiger partial charge in [-0.3, -0.25) is 0 Å². The normalized spacial score (nSPS) is 13.1. The molecule has 1 aliphatic rings. The third kappa shape index (κ3) is 5.65. The van der Waals surface area contributed by atoms with Gasteiger partial charge in [-0.1, -0.05) is 143 Å². The standard InChI is InChI=1S/C50H36BN4O2/c1-5-34-35-22-15-23-36(48-54-46(30-16-9-6-10-17-30)53-47(55-48)31-18-11-7-12-19-31)44(35)56-43(34)38(29-51-4)33-24-25-39-37(28-33)42-40(50(39,2)3)26-27-41-45(42)57-49(52-41)32-20-13-8-14-21-32/h5-29H,1H2,2-4H3/b38-29-. The van der Waals surface area contributed by atoms with Crippen LogP contribution >= 0.6 is 0 Å². The topological polar surface area (TPSA) is 77.8 Å². The highest BCUT2D eigenvalue weighted by Gasteiger charge is 2.38. The first-order valence-electron chi connectivity index (χ1n) is 19.1. The van der Waals surface area contributed by atoms with Crippen LogP contribution in [0.2, 0.25) is 6.82 Å². The maximum absolute atomic E-state index is 7.00. The number of aromatic nitrogens is 4. The Morgan fingerprint density at radius 3 is 1.89 bits per heavy atom. The number of rotatable bonds is 8. The minimum Gasteiger partial charge on any atom is -0.455 e. The number of benzene rings is 6. The maximum atomic E-state index is 7.00. The van der Waals surface area contributed by atoms with Crippen LogP contribution in [0.5, 0.6) is 0 Å². The fourth-order valence-corrected chi connectivity index (χ4v) is 8.21. The van der Waals surface area contributed by atoms with Gasteiger partial charge in [-0.15, -0.1) is 5.98 Å². The van der Waals surface area contributed by atoms with Crippen molar-refractivity contribution in [2.75, 3.05) is 0 Å². The lowest BCUT2D eigenvalue weighted by Crippen LogP contribution is -2.14.